The first kappa shape index (κ1) is 19.8. The lowest BCUT2D eigenvalue weighted by Crippen LogP contribution is -2.48. The zero-order valence-electron chi connectivity index (χ0n) is 15.5. The number of amides is 3. The first-order valence-corrected chi connectivity index (χ1v) is 10.8. The summed E-state index contributed by atoms with van der Waals surface area (Å²) in [6.45, 7) is 1.81. The summed E-state index contributed by atoms with van der Waals surface area (Å²) in [7, 11) is -3.39. The van der Waals surface area contributed by atoms with Crippen LogP contribution in [0.2, 0.25) is 0 Å². The van der Waals surface area contributed by atoms with Gasteiger partial charge >= 0.3 is 0 Å². The van der Waals surface area contributed by atoms with E-state index in [-0.39, 0.29) is 23.3 Å². The van der Waals surface area contributed by atoms with E-state index in [2.05, 4.69) is 5.32 Å². The fraction of sp³-hybridized carbons (Fsp3) is 0.250. The topological polar surface area (TPSA) is 101 Å². The molecule has 0 unspecified atom stereocenters. The Kier molecular flexibility index (Phi) is 5.33. The number of carbonyl (C=O) groups excluding carboxylic acids is 3. The number of hydrogen-bond donors (Lipinski definition) is 1. The molecule has 7 nitrogen and oxygen atoms in total. The summed E-state index contributed by atoms with van der Waals surface area (Å²) in [5, 5.41) is 2.71. The van der Waals surface area contributed by atoms with Gasteiger partial charge in [-0.15, -0.1) is 0 Å². The Bertz CT molecular complexity index is 1030. The molecule has 1 aliphatic heterocycles. The molecule has 1 aliphatic rings. The van der Waals surface area contributed by atoms with Gasteiger partial charge in [0.05, 0.1) is 16.9 Å². The number of nitrogens with zero attached hydrogens (tertiary/aromatic N) is 1. The van der Waals surface area contributed by atoms with Crippen molar-refractivity contribution in [1.29, 1.82) is 0 Å². The van der Waals surface area contributed by atoms with Crippen LogP contribution < -0.4 is 5.32 Å². The van der Waals surface area contributed by atoms with Crippen molar-refractivity contribution in [3.63, 3.8) is 0 Å². The minimum Gasteiger partial charge on any atom is -0.324 e. The number of imide groups is 1. The molecule has 0 bridgehead atoms. The zero-order valence-corrected chi connectivity index (χ0v) is 16.3. The standard InChI is InChI=1S/C20H20N2O5S/c1-13-7-3-6-10-16(13)21-18(23)17(11-12-28(2,26)27)22-19(24)14-8-4-5-9-15(14)20(22)25/h3-10,17H,11-12H2,1-2H3,(H,21,23)/t17-/m0/s1. The Labute approximate surface area is 163 Å². The second-order valence-corrected chi connectivity index (χ2v) is 9.02. The molecule has 0 aliphatic carbocycles. The Morgan fingerprint density at radius 2 is 1.54 bits per heavy atom. The summed E-state index contributed by atoms with van der Waals surface area (Å²) in [6, 6.07) is 12.1. The third kappa shape index (κ3) is 3.96. The molecular weight excluding hydrogens is 380 g/mol. The summed E-state index contributed by atoms with van der Waals surface area (Å²) in [4.78, 5) is 39.4. The molecule has 0 spiro atoms. The number of aryl methyl sites for hydroxylation is 1. The number of benzene rings is 2. The van der Waals surface area contributed by atoms with Gasteiger partial charge in [0.25, 0.3) is 11.8 Å². The molecule has 2 aromatic rings. The zero-order chi connectivity index (χ0) is 20.5. The molecule has 3 amide bonds. The molecule has 0 radical (unpaired) electrons. The molecule has 1 atom stereocenters. The van der Waals surface area contributed by atoms with E-state index < -0.39 is 33.6 Å². The molecule has 2 aromatic carbocycles. The van der Waals surface area contributed by atoms with Crippen LogP contribution >= 0.6 is 0 Å². The number of nitrogens with one attached hydrogen (secondary N) is 1. The lowest BCUT2D eigenvalue weighted by atomic mass is 10.1. The van der Waals surface area contributed by atoms with Crippen molar-refractivity contribution in [3.05, 3.63) is 65.2 Å². The molecule has 28 heavy (non-hydrogen) atoms. The summed E-state index contributed by atoms with van der Waals surface area (Å²) < 4.78 is 23.3. The van der Waals surface area contributed by atoms with Crippen molar-refractivity contribution in [2.45, 2.75) is 19.4 Å². The van der Waals surface area contributed by atoms with Gasteiger partial charge in [-0.2, -0.15) is 0 Å². The van der Waals surface area contributed by atoms with Crippen LogP contribution in [0.15, 0.2) is 48.5 Å². The van der Waals surface area contributed by atoms with Gasteiger partial charge in [0.1, 0.15) is 15.9 Å². The highest BCUT2D eigenvalue weighted by Crippen LogP contribution is 2.26. The average Bonchev–Trinajstić information content (AvgIpc) is 2.88. The van der Waals surface area contributed by atoms with Crippen LogP contribution in [0.25, 0.3) is 0 Å². The van der Waals surface area contributed by atoms with Crippen molar-refractivity contribution < 1.29 is 22.8 Å². The van der Waals surface area contributed by atoms with Crippen molar-refractivity contribution >= 4 is 33.2 Å². The summed E-state index contributed by atoms with van der Waals surface area (Å²) in [6.07, 6.45) is 0.869. The lowest BCUT2D eigenvalue weighted by molar-refractivity contribution is -0.120. The molecular formula is C20H20N2O5S. The second-order valence-electron chi connectivity index (χ2n) is 6.76. The summed E-state index contributed by atoms with van der Waals surface area (Å²) >= 11 is 0. The number of rotatable bonds is 6. The smallest absolute Gasteiger partial charge is 0.262 e. The molecule has 0 saturated carbocycles. The van der Waals surface area contributed by atoms with E-state index in [4.69, 9.17) is 0 Å². The Balaban J connectivity index is 1.93. The lowest BCUT2D eigenvalue weighted by Gasteiger charge is -2.25. The van der Waals surface area contributed by atoms with Gasteiger partial charge in [0, 0.05) is 11.9 Å². The third-order valence-electron chi connectivity index (χ3n) is 4.60. The Morgan fingerprint density at radius 3 is 2.07 bits per heavy atom. The van der Waals surface area contributed by atoms with E-state index in [9.17, 15) is 22.8 Å². The molecule has 0 aromatic heterocycles. The molecule has 0 fully saturated rings. The minimum absolute atomic E-state index is 0.179. The van der Waals surface area contributed by atoms with E-state index in [0.717, 1.165) is 16.7 Å². The van der Waals surface area contributed by atoms with Gasteiger partial charge in [0.15, 0.2) is 0 Å². The van der Waals surface area contributed by atoms with Gasteiger partial charge in [0.2, 0.25) is 5.91 Å². The van der Waals surface area contributed by atoms with Gasteiger partial charge < -0.3 is 5.32 Å². The Morgan fingerprint density at radius 1 is 1.00 bits per heavy atom. The molecule has 1 N–H and O–H groups in total. The van der Waals surface area contributed by atoms with Crippen LogP contribution in [0.1, 0.15) is 32.7 Å². The van der Waals surface area contributed by atoms with Gasteiger partial charge in [-0.3, -0.25) is 19.3 Å². The first-order chi connectivity index (χ1) is 13.2. The van der Waals surface area contributed by atoms with Crippen molar-refractivity contribution in [2.24, 2.45) is 0 Å². The van der Waals surface area contributed by atoms with E-state index in [1.54, 1.807) is 24.3 Å². The second kappa shape index (κ2) is 7.55. The number of hydrogen-bond acceptors (Lipinski definition) is 5. The highest BCUT2D eigenvalue weighted by molar-refractivity contribution is 7.90. The molecule has 146 valence electrons. The van der Waals surface area contributed by atoms with Crippen LogP contribution in [-0.2, 0) is 14.6 Å². The maximum absolute atomic E-state index is 13.0. The predicted molar refractivity (Wildman–Crippen MR) is 105 cm³/mol. The maximum Gasteiger partial charge on any atom is 0.262 e. The summed E-state index contributed by atoms with van der Waals surface area (Å²) in [5.41, 5.74) is 1.76. The Hall–Kier alpha value is -3.00. The number of fused-ring (bicyclic) bond motifs is 1. The highest BCUT2D eigenvalue weighted by atomic mass is 32.2. The fourth-order valence-corrected chi connectivity index (χ4v) is 3.77. The third-order valence-corrected chi connectivity index (χ3v) is 5.58. The average molecular weight is 400 g/mol. The van der Waals surface area contributed by atoms with Crippen LogP contribution in [0.5, 0.6) is 0 Å². The summed E-state index contributed by atoms with van der Waals surface area (Å²) in [5.74, 6) is -2.13. The van der Waals surface area contributed by atoms with E-state index >= 15 is 0 Å². The largest absolute Gasteiger partial charge is 0.324 e. The van der Waals surface area contributed by atoms with E-state index in [0.29, 0.717) is 5.69 Å². The van der Waals surface area contributed by atoms with Crippen LogP contribution in [0.4, 0.5) is 5.69 Å². The van der Waals surface area contributed by atoms with Gasteiger partial charge in [-0.1, -0.05) is 30.3 Å². The quantitative estimate of drug-likeness (QED) is 0.748. The van der Waals surface area contributed by atoms with Crippen molar-refractivity contribution in [2.75, 3.05) is 17.3 Å². The number of anilines is 1. The first-order valence-electron chi connectivity index (χ1n) is 8.70. The molecule has 1 heterocycles. The van der Waals surface area contributed by atoms with E-state index in [1.165, 1.54) is 12.1 Å². The fourth-order valence-electron chi connectivity index (χ4n) is 3.12. The molecule has 3 rings (SSSR count). The SMILES string of the molecule is Cc1ccccc1NC(=O)[C@H](CCS(C)(=O)=O)N1C(=O)c2ccccc2C1=O. The van der Waals surface area contributed by atoms with Crippen LogP contribution in [-0.4, -0.2) is 49.1 Å². The number of sulfone groups is 1. The monoisotopic (exact) mass is 400 g/mol. The normalized spacial score (nSPS) is 14.7. The van der Waals surface area contributed by atoms with Gasteiger partial charge in [-0.05, 0) is 37.1 Å². The van der Waals surface area contributed by atoms with E-state index in [1.807, 2.05) is 19.1 Å². The predicted octanol–water partition coefficient (Wildman–Crippen LogP) is 2.03. The maximum atomic E-state index is 13.0. The highest BCUT2D eigenvalue weighted by Gasteiger charge is 2.42. The van der Waals surface area contributed by atoms with Crippen LogP contribution in [0.3, 0.4) is 0 Å². The number of para-hydroxylation sites is 1. The van der Waals surface area contributed by atoms with Gasteiger partial charge in [-0.25, -0.2) is 8.42 Å². The van der Waals surface area contributed by atoms with Crippen molar-refractivity contribution in [1.82, 2.24) is 4.90 Å². The number of carbonyl (C=O) groups is 3. The van der Waals surface area contributed by atoms with Crippen molar-refractivity contribution in [3.8, 4) is 0 Å². The molecule has 8 heteroatoms. The molecule has 0 saturated heterocycles. The minimum atomic E-state index is -3.39. The van der Waals surface area contributed by atoms with Crippen LogP contribution in [0, 0.1) is 6.92 Å².